The second kappa shape index (κ2) is 10.9. The van der Waals surface area contributed by atoms with Gasteiger partial charge in [0.1, 0.15) is 0 Å². The average Bonchev–Trinajstić information content (AvgIpc) is 3.43. The molecule has 3 heterocycles. The van der Waals surface area contributed by atoms with Crippen LogP contribution in [-0.4, -0.2) is 50.7 Å². The van der Waals surface area contributed by atoms with Crippen LogP contribution in [-0.2, 0) is 22.1 Å². The smallest absolute Gasteiger partial charge is 0.433 e. The quantitative estimate of drug-likeness (QED) is 0.348. The van der Waals surface area contributed by atoms with Crippen LogP contribution >= 0.6 is 23.2 Å². The van der Waals surface area contributed by atoms with Gasteiger partial charge in [-0.05, 0) is 63.4 Å². The largest absolute Gasteiger partial charge is 0.466 e. The summed E-state index contributed by atoms with van der Waals surface area (Å²) < 4.78 is 49.5. The predicted octanol–water partition coefficient (Wildman–Crippen LogP) is 6.77. The Balaban J connectivity index is 1.63. The number of ether oxygens (including phenoxy) is 1. The van der Waals surface area contributed by atoms with Crippen LogP contribution in [0.4, 0.5) is 13.2 Å². The van der Waals surface area contributed by atoms with E-state index in [0.717, 1.165) is 10.9 Å². The highest BCUT2D eigenvalue weighted by molar-refractivity contribution is 6.35. The lowest BCUT2D eigenvalue weighted by atomic mass is 9.74. The van der Waals surface area contributed by atoms with Crippen LogP contribution in [0, 0.1) is 10.8 Å². The molecule has 1 atom stereocenters. The fourth-order valence-corrected chi connectivity index (χ4v) is 6.44. The number of carbonyl (C=O) groups is 2. The summed E-state index contributed by atoms with van der Waals surface area (Å²) in [7, 11) is 0. The van der Waals surface area contributed by atoms with Gasteiger partial charge < -0.3 is 9.64 Å². The van der Waals surface area contributed by atoms with E-state index in [0.29, 0.717) is 54.1 Å². The lowest BCUT2D eigenvalue weighted by molar-refractivity contribution is -0.157. The minimum Gasteiger partial charge on any atom is -0.466 e. The molecule has 1 aliphatic carbocycles. The number of carbonyl (C=O) groups excluding carboxylic acids is 2. The van der Waals surface area contributed by atoms with E-state index in [9.17, 15) is 22.8 Å². The fourth-order valence-electron chi connectivity index (χ4n) is 5.92. The molecule has 1 saturated heterocycles. The first kappa shape index (κ1) is 29.6. The molecule has 1 saturated carbocycles. The first-order valence-electron chi connectivity index (χ1n) is 13.1. The van der Waals surface area contributed by atoms with E-state index in [-0.39, 0.29) is 24.5 Å². The fraction of sp³-hybridized carbons (Fsp3) is 0.630. The molecule has 12 heteroatoms. The first-order chi connectivity index (χ1) is 18.2. The van der Waals surface area contributed by atoms with Gasteiger partial charge in [-0.25, -0.2) is 0 Å². The summed E-state index contributed by atoms with van der Waals surface area (Å²) in [5.41, 5.74) is -1.99. The monoisotopic (exact) mass is 588 g/mol. The molecule has 2 aromatic heterocycles. The standard InChI is InChI=1S/C27H33Cl2F3N4O3/c1-5-39-24(38)26(4)8-6-16(7-9-26)36-22(27(30,31)32)19(12-34-36)23(37)35-15-25(2,3)11-17(35)10-18-20(28)13-33-14-21(18)29/h12-14,16-17H,5-11,15H2,1-4H3/t16-,17-,26-/m0/s1. The summed E-state index contributed by atoms with van der Waals surface area (Å²) in [4.78, 5) is 31.6. The van der Waals surface area contributed by atoms with Gasteiger partial charge in [0.05, 0.1) is 39.9 Å². The molecule has 2 aliphatic rings. The molecule has 0 radical (unpaired) electrons. The Bertz CT molecular complexity index is 1220. The molecule has 0 N–H and O–H groups in total. The third-order valence-electron chi connectivity index (χ3n) is 7.95. The second-order valence-electron chi connectivity index (χ2n) is 11.6. The van der Waals surface area contributed by atoms with Crippen molar-refractivity contribution in [3.63, 3.8) is 0 Å². The summed E-state index contributed by atoms with van der Waals surface area (Å²) in [6, 6.07) is -1.000. The number of aromatic nitrogens is 3. The Morgan fingerprint density at radius 2 is 1.72 bits per heavy atom. The molecule has 1 amide bonds. The minimum atomic E-state index is -4.80. The number of nitrogens with zero attached hydrogens (tertiary/aromatic N) is 4. The molecule has 2 fully saturated rings. The molecule has 0 bridgehead atoms. The van der Waals surface area contributed by atoms with Gasteiger partial charge in [-0.3, -0.25) is 19.3 Å². The Morgan fingerprint density at radius 3 is 2.28 bits per heavy atom. The predicted molar refractivity (Wildman–Crippen MR) is 141 cm³/mol. The maximum atomic E-state index is 14.5. The highest BCUT2D eigenvalue weighted by Crippen LogP contribution is 2.45. The Morgan fingerprint density at radius 1 is 1.10 bits per heavy atom. The molecule has 0 aromatic carbocycles. The van der Waals surface area contributed by atoms with Gasteiger partial charge in [0.2, 0.25) is 0 Å². The molecule has 0 spiro atoms. The summed E-state index contributed by atoms with van der Waals surface area (Å²) in [5, 5.41) is 4.77. The third-order valence-corrected chi connectivity index (χ3v) is 8.60. The third kappa shape index (κ3) is 6.06. The van der Waals surface area contributed by atoms with Gasteiger partial charge in [0.15, 0.2) is 5.69 Å². The van der Waals surface area contributed by atoms with Gasteiger partial charge in [-0.1, -0.05) is 37.0 Å². The van der Waals surface area contributed by atoms with E-state index < -0.39 is 40.8 Å². The maximum Gasteiger partial charge on any atom is 0.433 e. The van der Waals surface area contributed by atoms with Gasteiger partial charge in [-0.2, -0.15) is 18.3 Å². The van der Waals surface area contributed by atoms with Crippen LogP contribution in [0.5, 0.6) is 0 Å². The van der Waals surface area contributed by atoms with Crippen molar-refractivity contribution in [2.45, 2.75) is 84.5 Å². The maximum absolute atomic E-state index is 14.5. The summed E-state index contributed by atoms with van der Waals surface area (Å²) in [6.07, 6.45) is 1.36. The van der Waals surface area contributed by atoms with Crippen molar-refractivity contribution in [3.05, 3.63) is 45.5 Å². The molecule has 2 aromatic rings. The van der Waals surface area contributed by atoms with Crippen molar-refractivity contribution in [2.24, 2.45) is 10.8 Å². The molecular weight excluding hydrogens is 556 g/mol. The van der Waals surface area contributed by atoms with Crippen molar-refractivity contribution in [1.82, 2.24) is 19.7 Å². The zero-order valence-corrected chi connectivity index (χ0v) is 24.0. The molecule has 4 rings (SSSR count). The number of esters is 1. The Kier molecular flexibility index (Phi) is 8.30. The molecule has 214 valence electrons. The minimum absolute atomic E-state index is 0.245. The average molecular weight is 589 g/mol. The number of hydrogen-bond donors (Lipinski definition) is 0. The van der Waals surface area contributed by atoms with E-state index in [1.165, 1.54) is 17.3 Å². The number of amides is 1. The van der Waals surface area contributed by atoms with Crippen LogP contribution < -0.4 is 0 Å². The highest BCUT2D eigenvalue weighted by Gasteiger charge is 2.47. The Hall–Kier alpha value is -2.33. The van der Waals surface area contributed by atoms with Gasteiger partial charge in [-0.15, -0.1) is 0 Å². The SMILES string of the molecule is CCOC(=O)[C@]1(C)CC[C@@H](n2ncc(C(=O)N3CC(C)(C)C[C@@H]3Cc3c(Cl)cncc3Cl)c2C(F)(F)F)CC1. The van der Waals surface area contributed by atoms with Gasteiger partial charge >= 0.3 is 12.1 Å². The number of likely N-dealkylation sites (tertiary alicyclic amines) is 1. The lowest BCUT2D eigenvalue weighted by Crippen LogP contribution is -2.39. The summed E-state index contributed by atoms with van der Waals surface area (Å²) in [6.45, 7) is 7.96. The first-order valence-corrected chi connectivity index (χ1v) is 13.8. The van der Waals surface area contributed by atoms with Crippen LogP contribution in [0.25, 0.3) is 0 Å². The van der Waals surface area contributed by atoms with Crippen molar-refractivity contribution < 1.29 is 27.5 Å². The topological polar surface area (TPSA) is 77.3 Å². The zero-order chi connectivity index (χ0) is 28.8. The zero-order valence-electron chi connectivity index (χ0n) is 22.4. The normalized spacial score (nSPS) is 25.1. The van der Waals surface area contributed by atoms with Crippen LogP contribution in [0.1, 0.15) is 87.5 Å². The molecule has 1 aliphatic heterocycles. The van der Waals surface area contributed by atoms with Crippen molar-refractivity contribution in [2.75, 3.05) is 13.2 Å². The number of alkyl halides is 3. The number of halogens is 5. The van der Waals surface area contributed by atoms with Gasteiger partial charge in [0.25, 0.3) is 5.91 Å². The summed E-state index contributed by atoms with van der Waals surface area (Å²) >= 11 is 12.6. The van der Waals surface area contributed by atoms with Crippen molar-refractivity contribution >= 4 is 35.1 Å². The van der Waals surface area contributed by atoms with E-state index in [1.807, 2.05) is 13.8 Å². The molecule has 39 heavy (non-hydrogen) atoms. The molecule has 0 unspecified atom stereocenters. The van der Waals surface area contributed by atoms with Crippen molar-refractivity contribution in [1.29, 1.82) is 0 Å². The Labute approximate surface area is 236 Å². The second-order valence-corrected chi connectivity index (χ2v) is 12.4. The number of pyridine rings is 1. The van der Waals surface area contributed by atoms with E-state index >= 15 is 0 Å². The van der Waals surface area contributed by atoms with Crippen LogP contribution in [0.2, 0.25) is 10.0 Å². The number of hydrogen-bond acceptors (Lipinski definition) is 5. The van der Waals surface area contributed by atoms with Crippen LogP contribution in [0.15, 0.2) is 18.6 Å². The number of rotatable bonds is 6. The van der Waals surface area contributed by atoms with Gasteiger partial charge in [0, 0.05) is 25.0 Å². The molecule has 7 nitrogen and oxygen atoms in total. The lowest BCUT2D eigenvalue weighted by Gasteiger charge is -2.36. The highest BCUT2D eigenvalue weighted by atomic mass is 35.5. The van der Waals surface area contributed by atoms with E-state index in [1.54, 1.807) is 13.8 Å². The van der Waals surface area contributed by atoms with E-state index in [2.05, 4.69) is 10.1 Å². The summed E-state index contributed by atoms with van der Waals surface area (Å²) in [5.74, 6) is -1.06. The van der Waals surface area contributed by atoms with Crippen molar-refractivity contribution in [3.8, 4) is 0 Å². The van der Waals surface area contributed by atoms with E-state index in [4.69, 9.17) is 27.9 Å². The van der Waals surface area contributed by atoms with Crippen LogP contribution in [0.3, 0.4) is 0 Å². The molecular formula is C27H33Cl2F3N4O3.